The third kappa shape index (κ3) is 3.86. The molecule has 2 aromatic rings. The lowest BCUT2D eigenvalue weighted by atomic mass is 9.70. The first kappa shape index (κ1) is 23.8. The molecule has 0 unspecified atom stereocenters. The molecular formula is C25H24N2O8. The highest BCUT2D eigenvalue weighted by Gasteiger charge is 2.43. The van der Waals surface area contributed by atoms with Gasteiger partial charge in [0.25, 0.3) is 5.91 Å². The third-order valence-corrected chi connectivity index (χ3v) is 6.14. The fourth-order valence-electron chi connectivity index (χ4n) is 4.85. The quantitative estimate of drug-likeness (QED) is 0.483. The van der Waals surface area contributed by atoms with Crippen LogP contribution in [0.25, 0.3) is 5.76 Å². The number of amides is 2. The number of hydrogen-bond donors (Lipinski definition) is 4. The summed E-state index contributed by atoms with van der Waals surface area (Å²) < 4.78 is 5.41. The molecule has 4 N–H and O–H groups in total. The Morgan fingerprint density at radius 1 is 1.03 bits per heavy atom. The number of imide groups is 1. The monoisotopic (exact) mass is 480 g/mol. The molecule has 0 saturated heterocycles. The molecule has 2 aliphatic carbocycles. The lowest BCUT2D eigenvalue weighted by Crippen LogP contribution is -2.32. The fraction of sp³-hybridized carbons (Fsp3) is 0.280. The van der Waals surface area contributed by atoms with Crippen LogP contribution in [0.5, 0.6) is 17.2 Å². The highest BCUT2D eigenvalue weighted by atomic mass is 16.5. The number of phenols is 3. The lowest BCUT2D eigenvalue weighted by molar-refractivity contribution is -0.134. The van der Waals surface area contributed by atoms with Gasteiger partial charge in [0.2, 0.25) is 5.91 Å². The number of hydrogen-bond acceptors (Lipinski definition) is 9. The number of phenolic OH excluding ortho intramolecular Hbond substituents is 3. The molecule has 0 saturated carbocycles. The van der Waals surface area contributed by atoms with Crippen LogP contribution in [-0.2, 0) is 27.2 Å². The maximum atomic E-state index is 13.7. The number of esters is 1. The Balaban J connectivity index is 2.00. The van der Waals surface area contributed by atoms with Crippen LogP contribution in [0.1, 0.15) is 51.3 Å². The molecule has 10 heteroatoms. The molecule has 182 valence electrons. The number of nitrogens with zero attached hydrogens (tertiary/aromatic N) is 1. The molecule has 0 aliphatic heterocycles. The van der Waals surface area contributed by atoms with E-state index in [-0.39, 0.29) is 34.6 Å². The van der Waals surface area contributed by atoms with Crippen LogP contribution in [0.15, 0.2) is 23.8 Å². The molecule has 35 heavy (non-hydrogen) atoms. The van der Waals surface area contributed by atoms with Crippen molar-refractivity contribution in [1.82, 2.24) is 5.32 Å². The van der Waals surface area contributed by atoms with Gasteiger partial charge in [-0.15, -0.1) is 0 Å². The van der Waals surface area contributed by atoms with Crippen LogP contribution in [0.2, 0.25) is 0 Å². The van der Waals surface area contributed by atoms with Crippen LogP contribution >= 0.6 is 0 Å². The van der Waals surface area contributed by atoms with E-state index in [4.69, 9.17) is 4.74 Å². The van der Waals surface area contributed by atoms with Crippen LogP contribution in [0.3, 0.4) is 0 Å². The van der Waals surface area contributed by atoms with Gasteiger partial charge in [0.15, 0.2) is 5.78 Å². The third-order valence-electron chi connectivity index (χ3n) is 6.14. The zero-order valence-corrected chi connectivity index (χ0v) is 19.6. The molecule has 2 amide bonds. The number of allylic oxidation sites excluding steroid dienone is 1. The number of carbonyl (C=O) groups excluding carboxylic acids is 4. The van der Waals surface area contributed by atoms with E-state index >= 15 is 0 Å². The van der Waals surface area contributed by atoms with E-state index in [1.165, 1.54) is 12.1 Å². The van der Waals surface area contributed by atoms with Crippen molar-refractivity contribution in [3.63, 3.8) is 0 Å². The number of anilines is 1. The molecule has 0 fully saturated rings. The second-order valence-electron chi connectivity index (χ2n) is 8.79. The van der Waals surface area contributed by atoms with Gasteiger partial charge in [0.05, 0.1) is 11.1 Å². The first-order valence-corrected chi connectivity index (χ1v) is 10.8. The Morgan fingerprint density at radius 2 is 1.71 bits per heavy atom. The molecule has 2 aliphatic rings. The predicted octanol–water partition coefficient (Wildman–Crippen LogP) is 2.03. The number of ether oxygens (including phenoxy) is 1. The molecule has 1 atom stereocenters. The maximum absolute atomic E-state index is 13.7. The predicted molar refractivity (Wildman–Crippen MR) is 124 cm³/mol. The summed E-state index contributed by atoms with van der Waals surface area (Å²) in [6.07, 6.45) is 0.496. The smallest absolute Gasteiger partial charge is 0.308 e. The summed E-state index contributed by atoms with van der Waals surface area (Å²) in [5.41, 5.74) is 1.18. The number of Topliss-reactive ketones (excluding diaryl/α,β-unsaturated/α-hetero) is 1. The summed E-state index contributed by atoms with van der Waals surface area (Å²) in [6.45, 7) is 2.22. The summed E-state index contributed by atoms with van der Waals surface area (Å²) in [5, 5.41) is 34.0. The average molecular weight is 480 g/mol. The van der Waals surface area contributed by atoms with Gasteiger partial charge in [-0.05, 0) is 48.1 Å². The summed E-state index contributed by atoms with van der Waals surface area (Å²) in [7, 11) is 3.62. The van der Waals surface area contributed by atoms with Gasteiger partial charge in [0.1, 0.15) is 28.6 Å². The maximum Gasteiger partial charge on any atom is 0.308 e. The summed E-state index contributed by atoms with van der Waals surface area (Å²) in [4.78, 5) is 51.4. The highest BCUT2D eigenvalue weighted by Crippen LogP contribution is 2.50. The largest absolute Gasteiger partial charge is 0.507 e. The molecule has 10 nitrogen and oxygen atoms in total. The fourth-order valence-corrected chi connectivity index (χ4v) is 4.85. The molecular weight excluding hydrogens is 456 g/mol. The van der Waals surface area contributed by atoms with E-state index < -0.39 is 46.5 Å². The van der Waals surface area contributed by atoms with Gasteiger partial charge in [-0.3, -0.25) is 24.5 Å². The van der Waals surface area contributed by atoms with Gasteiger partial charge in [0, 0.05) is 39.2 Å². The Labute approximate surface area is 200 Å². The van der Waals surface area contributed by atoms with Crippen molar-refractivity contribution in [2.45, 2.75) is 26.7 Å². The highest BCUT2D eigenvalue weighted by molar-refractivity contribution is 6.18. The van der Waals surface area contributed by atoms with Gasteiger partial charge in [-0.1, -0.05) is 0 Å². The van der Waals surface area contributed by atoms with E-state index in [1.807, 2.05) is 24.3 Å². The minimum Gasteiger partial charge on any atom is -0.507 e. The van der Waals surface area contributed by atoms with Crippen molar-refractivity contribution in [2.24, 2.45) is 5.92 Å². The molecule has 0 bridgehead atoms. The topological polar surface area (TPSA) is 153 Å². The van der Waals surface area contributed by atoms with Gasteiger partial charge < -0.3 is 25.0 Å². The minimum atomic E-state index is -1.06. The minimum absolute atomic E-state index is 0.0726. The first-order chi connectivity index (χ1) is 16.4. The standard InChI is InChI=1S/C25H24N2O8/c1-10(28)26-25(34)21-17(31)9-13-7-12-8-14-15(27(3)4)5-6-16(30)20(14)22(32)18(12)24(35-11(2)29)19(13)23(21)33/h5-6,9,12,30-31,33H,7-8H2,1-4H3,(H,26,28,34)/t12-/m1/s1. The van der Waals surface area contributed by atoms with Crippen LogP contribution < -0.4 is 10.2 Å². The van der Waals surface area contributed by atoms with E-state index in [2.05, 4.69) is 0 Å². The summed E-state index contributed by atoms with van der Waals surface area (Å²) in [5.74, 6) is -5.38. The van der Waals surface area contributed by atoms with Gasteiger partial charge >= 0.3 is 5.97 Å². The Bertz CT molecular complexity index is 1360. The summed E-state index contributed by atoms with van der Waals surface area (Å²) >= 11 is 0. The van der Waals surface area contributed by atoms with Crippen molar-refractivity contribution in [1.29, 1.82) is 0 Å². The average Bonchev–Trinajstić information content (AvgIpc) is 2.71. The van der Waals surface area contributed by atoms with Gasteiger partial charge in [-0.25, -0.2) is 0 Å². The van der Waals surface area contributed by atoms with E-state index in [1.54, 1.807) is 6.07 Å². The number of fused-ring (bicyclic) bond motifs is 3. The van der Waals surface area contributed by atoms with Crippen LogP contribution in [0, 0.1) is 5.92 Å². The van der Waals surface area contributed by atoms with Crippen molar-refractivity contribution in [2.75, 3.05) is 19.0 Å². The van der Waals surface area contributed by atoms with Crippen molar-refractivity contribution < 1.29 is 39.2 Å². The molecule has 0 radical (unpaired) electrons. The lowest BCUT2D eigenvalue weighted by Gasteiger charge is -2.35. The number of carbonyl (C=O) groups is 4. The summed E-state index contributed by atoms with van der Waals surface area (Å²) in [6, 6.07) is 4.37. The number of benzene rings is 2. The number of rotatable bonds is 3. The Hall–Kier alpha value is -4.34. The molecule has 2 aromatic carbocycles. The molecule has 0 aromatic heterocycles. The second-order valence-corrected chi connectivity index (χ2v) is 8.79. The number of nitrogens with one attached hydrogen (secondary N) is 1. The molecule has 4 rings (SSSR count). The molecule has 0 spiro atoms. The van der Waals surface area contributed by atoms with Crippen molar-refractivity contribution >= 4 is 35.0 Å². The van der Waals surface area contributed by atoms with Crippen LogP contribution in [0.4, 0.5) is 5.69 Å². The van der Waals surface area contributed by atoms with E-state index in [0.717, 1.165) is 19.5 Å². The zero-order valence-electron chi connectivity index (χ0n) is 19.6. The number of ketones is 1. The normalized spacial score (nSPS) is 16.1. The Morgan fingerprint density at radius 3 is 2.31 bits per heavy atom. The van der Waals surface area contributed by atoms with Gasteiger partial charge in [-0.2, -0.15) is 0 Å². The van der Waals surface area contributed by atoms with E-state index in [0.29, 0.717) is 17.5 Å². The SMILES string of the molecule is CC(=O)NC(=O)c1c(O)cc2c(c1O)C(OC(C)=O)=C1C(=O)c3c(O)ccc(N(C)C)c3C[C@H]1C2. The zero-order chi connectivity index (χ0) is 25.8. The van der Waals surface area contributed by atoms with Crippen molar-refractivity contribution in [3.05, 3.63) is 51.6 Å². The van der Waals surface area contributed by atoms with Crippen LogP contribution in [-0.4, -0.2) is 53.0 Å². The van der Waals surface area contributed by atoms with Crippen molar-refractivity contribution in [3.8, 4) is 17.2 Å². The first-order valence-electron chi connectivity index (χ1n) is 10.8. The number of aromatic hydroxyl groups is 3. The molecule has 0 heterocycles. The second kappa shape index (κ2) is 8.46. The van der Waals surface area contributed by atoms with E-state index in [9.17, 15) is 34.5 Å². The Kier molecular flexibility index (Phi) is 5.75.